The van der Waals surface area contributed by atoms with Gasteiger partial charge in [-0.05, 0) is 11.6 Å². The first-order chi connectivity index (χ1) is 9.20. The van der Waals surface area contributed by atoms with E-state index in [-0.39, 0.29) is 5.84 Å². The summed E-state index contributed by atoms with van der Waals surface area (Å²) in [6.45, 7) is 1.39. The summed E-state index contributed by atoms with van der Waals surface area (Å²) in [5.41, 5.74) is 7.33. The lowest BCUT2D eigenvalue weighted by Gasteiger charge is -2.06. The number of nitrogens with one attached hydrogen (secondary N) is 1. The van der Waals surface area contributed by atoms with Crippen LogP contribution >= 0.6 is 0 Å². The van der Waals surface area contributed by atoms with Gasteiger partial charge in [0.15, 0.2) is 5.84 Å². The first-order valence-corrected chi connectivity index (χ1v) is 5.94. The van der Waals surface area contributed by atoms with E-state index in [4.69, 9.17) is 10.9 Å². The fourth-order valence-electron chi connectivity index (χ4n) is 1.78. The lowest BCUT2D eigenvalue weighted by atomic mass is 10.1. The van der Waals surface area contributed by atoms with Crippen molar-refractivity contribution in [3.05, 3.63) is 53.6 Å². The Morgan fingerprint density at radius 3 is 3.00 bits per heavy atom. The van der Waals surface area contributed by atoms with Crippen LogP contribution in [0.2, 0.25) is 0 Å². The van der Waals surface area contributed by atoms with E-state index in [2.05, 4.69) is 15.5 Å². The molecule has 0 unspecified atom stereocenters. The molecule has 0 saturated heterocycles. The van der Waals surface area contributed by atoms with E-state index >= 15 is 0 Å². The van der Waals surface area contributed by atoms with Crippen molar-refractivity contribution in [2.45, 2.75) is 13.1 Å². The van der Waals surface area contributed by atoms with Gasteiger partial charge in [-0.3, -0.25) is 0 Å². The maximum absolute atomic E-state index is 8.65. The summed E-state index contributed by atoms with van der Waals surface area (Å²) in [7, 11) is 1.96. The molecule has 1 heterocycles. The average molecular weight is 259 g/mol. The van der Waals surface area contributed by atoms with Crippen LogP contribution in [-0.2, 0) is 20.1 Å². The first-order valence-electron chi connectivity index (χ1n) is 5.94. The number of imidazole rings is 1. The van der Waals surface area contributed by atoms with Gasteiger partial charge in [-0.2, -0.15) is 0 Å². The first kappa shape index (κ1) is 13.1. The SMILES string of the molecule is Cn1ccnc1CNCc1cccc(C(N)=NO)c1. The highest BCUT2D eigenvalue weighted by molar-refractivity contribution is 5.97. The van der Waals surface area contributed by atoms with Crippen molar-refractivity contribution in [1.29, 1.82) is 0 Å². The zero-order chi connectivity index (χ0) is 13.7. The Bertz CT molecular complexity index is 576. The van der Waals surface area contributed by atoms with E-state index in [0.29, 0.717) is 18.7 Å². The molecule has 100 valence electrons. The maximum Gasteiger partial charge on any atom is 0.170 e. The molecular weight excluding hydrogens is 242 g/mol. The number of hydrogen-bond donors (Lipinski definition) is 3. The number of aromatic nitrogens is 2. The summed E-state index contributed by atoms with van der Waals surface area (Å²) in [5.74, 6) is 1.10. The highest BCUT2D eigenvalue weighted by atomic mass is 16.4. The van der Waals surface area contributed by atoms with E-state index < -0.39 is 0 Å². The van der Waals surface area contributed by atoms with Crippen LogP contribution in [0, 0.1) is 0 Å². The Balaban J connectivity index is 1.95. The van der Waals surface area contributed by atoms with Crippen molar-refractivity contribution < 1.29 is 5.21 Å². The van der Waals surface area contributed by atoms with Gasteiger partial charge in [0, 0.05) is 31.5 Å². The van der Waals surface area contributed by atoms with Gasteiger partial charge < -0.3 is 20.8 Å². The lowest BCUT2D eigenvalue weighted by Crippen LogP contribution is -2.17. The third-order valence-electron chi connectivity index (χ3n) is 2.86. The minimum atomic E-state index is 0.117. The molecule has 1 aromatic heterocycles. The quantitative estimate of drug-likeness (QED) is 0.321. The van der Waals surface area contributed by atoms with E-state index in [1.807, 2.05) is 36.0 Å². The predicted molar refractivity (Wildman–Crippen MR) is 72.7 cm³/mol. The van der Waals surface area contributed by atoms with Gasteiger partial charge >= 0.3 is 0 Å². The normalized spacial score (nSPS) is 11.7. The van der Waals surface area contributed by atoms with Gasteiger partial charge in [-0.15, -0.1) is 0 Å². The molecule has 0 saturated carbocycles. The van der Waals surface area contributed by atoms with Crippen LogP contribution in [-0.4, -0.2) is 20.6 Å². The molecule has 6 heteroatoms. The molecule has 0 atom stereocenters. The predicted octanol–water partition coefficient (Wildman–Crippen LogP) is 0.804. The van der Waals surface area contributed by atoms with E-state index in [0.717, 1.165) is 11.4 Å². The van der Waals surface area contributed by atoms with Crippen molar-refractivity contribution in [2.75, 3.05) is 0 Å². The molecule has 19 heavy (non-hydrogen) atoms. The number of nitrogens with zero attached hydrogens (tertiary/aromatic N) is 3. The van der Waals surface area contributed by atoms with Crippen molar-refractivity contribution in [1.82, 2.24) is 14.9 Å². The van der Waals surface area contributed by atoms with Crippen molar-refractivity contribution in [3.8, 4) is 0 Å². The zero-order valence-corrected chi connectivity index (χ0v) is 10.7. The van der Waals surface area contributed by atoms with Crippen LogP contribution in [0.1, 0.15) is 17.0 Å². The Hall–Kier alpha value is -2.34. The number of hydrogen-bond acceptors (Lipinski definition) is 4. The topological polar surface area (TPSA) is 88.5 Å². The smallest absolute Gasteiger partial charge is 0.170 e. The van der Waals surface area contributed by atoms with Crippen LogP contribution in [0.5, 0.6) is 0 Å². The molecule has 0 aliphatic rings. The van der Waals surface area contributed by atoms with Gasteiger partial charge in [-0.1, -0.05) is 23.4 Å². The van der Waals surface area contributed by atoms with E-state index in [1.165, 1.54) is 0 Å². The molecular formula is C13H17N5O. The maximum atomic E-state index is 8.65. The third-order valence-corrected chi connectivity index (χ3v) is 2.86. The van der Waals surface area contributed by atoms with Crippen LogP contribution in [0.3, 0.4) is 0 Å². The molecule has 6 nitrogen and oxygen atoms in total. The molecule has 0 fully saturated rings. The van der Waals surface area contributed by atoms with Gasteiger partial charge in [0.05, 0.1) is 6.54 Å². The summed E-state index contributed by atoms with van der Waals surface area (Å²) in [4.78, 5) is 4.23. The number of oxime groups is 1. The number of nitrogens with two attached hydrogens (primary N) is 1. The fourth-order valence-corrected chi connectivity index (χ4v) is 1.78. The van der Waals surface area contributed by atoms with Gasteiger partial charge in [0.2, 0.25) is 0 Å². The van der Waals surface area contributed by atoms with Crippen LogP contribution < -0.4 is 11.1 Å². The molecule has 0 aliphatic carbocycles. The molecule has 0 radical (unpaired) electrons. The minimum absolute atomic E-state index is 0.117. The average Bonchev–Trinajstić information content (AvgIpc) is 2.84. The Morgan fingerprint density at radius 2 is 2.32 bits per heavy atom. The van der Waals surface area contributed by atoms with Crippen LogP contribution in [0.25, 0.3) is 0 Å². The summed E-state index contributed by atoms with van der Waals surface area (Å²) >= 11 is 0. The summed E-state index contributed by atoms with van der Waals surface area (Å²) in [6.07, 6.45) is 3.69. The summed E-state index contributed by atoms with van der Waals surface area (Å²) in [6, 6.07) is 7.56. The molecule has 1 aromatic carbocycles. The monoisotopic (exact) mass is 259 g/mol. The fraction of sp³-hybridized carbons (Fsp3) is 0.231. The lowest BCUT2D eigenvalue weighted by molar-refractivity contribution is 0.318. The minimum Gasteiger partial charge on any atom is -0.409 e. The van der Waals surface area contributed by atoms with Gasteiger partial charge in [0.1, 0.15) is 5.82 Å². The third kappa shape index (κ3) is 3.32. The molecule has 2 aromatic rings. The molecule has 0 aliphatic heterocycles. The second-order valence-corrected chi connectivity index (χ2v) is 4.24. The highest BCUT2D eigenvalue weighted by Gasteiger charge is 2.02. The van der Waals surface area contributed by atoms with Crippen LogP contribution in [0.4, 0.5) is 0 Å². The van der Waals surface area contributed by atoms with Crippen molar-refractivity contribution >= 4 is 5.84 Å². The summed E-state index contributed by atoms with van der Waals surface area (Å²) in [5, 5.41) is 14.9. The largest absolute Gasteiger partial charge is 0.409 e. The van der Waals surface area contributed by atoms with Gasteiger partial charge in [-0.25, -0.2) is 4.98 Å². The molecule has 2 rings (SSSR count). The van der Waals surface area contributed by atoms with Crippen molar-refractivity contribution in [3.63, 3.8) is 0 Å². The standard InChI is InChI=1S/C13H17N5O/c1-18-6-5-16-12(18)9-15-8-10-3-2-4-11(7-10)13(14)17-19/h2-7,15,19H,8-9H2,1H3,(H2,14,17). The molecule has 0 amide bonds. The second-order valence-electron chi connectivity index (χ2n) is 4.24. The van der Waals surface area contributed by atoms with Crippen molar-refractivity contribution in [2.24, 2.45) is 17.9 Å². The molecule has 4 N–H and O–H groups in total. The summed E-state index contributed by atoms with van der Waals surface area (Å²) < 4.78 is 1.97. The number of rotatable bonds is 5. The Labute approximate surface area is 111 Å². The van der Waals surface area contributed by atoms with Crippen LogP contribution in [0.15, 0.2) is 41.8 Å². The zero-order valence-electron chi connectivity index (χ0n) is 10.7. The Morgan fingerprint density at radius 1 is 1.47 bits per heavy atom. The number of aryl methyl sites for hydroxylation is 1. The number of benzene rings is 1. The van der Waals surface area contributed by atoms with E-state index in [1.54, 1.807) is 12.3 Å². The van der Waals surface area contributed by atoms with E-state index in [9.17, 15) is 0 Å². The second kappa shape index (κ2) is 6.01. The molecule has 0 bridgehead atoms. The highest BCUT2D eigenvalue weighted by Crippen LogP contribution is 2.05. The van der Waals surface area contributed by atoms with Gasteiger partial charge in [0.25, 0.3) is 0 Å². The molecule has 0 spiro atoms. The Kier molecular flexibility index (Phi) is 4.15. The number of amidine groups is 1.